The van der Waals surface area contributed by atoms with Gasteiger partial charge in [-0.25, -0.2) is 9.97 Å². The second kappa shape index (κ2) is 9.33. The number of aromatic nitrogens is 3. The number of rotatable bonds is 6. The van der Waals surface area contributed by atoms with Gasteiger partial charge in [0.15, 0.2) is 0 Å². The number of fused-ring (bicyclic) bond motifs is 1. The van der Waals surface area contributed by atoms with Crippen molar-refractivity contribution in [2.45, 2.75) is 32.7 Å². The minimum atomic E-state index is -0.254. The maximum atomic E-state index is 13.0. The summed E-state index contributed by atoms with van der Waals surface area (Å²) in [7, 11) is 0. The Morgan fingerprint density at radius 3 is 2.71 bits per heavy atom. The summed E-state index contributed by atoms with van der Waals surface area (Å²) in [5.41, 5.74) is 8.90. The molecule has 35 heavy (non-hydrogen) atoms. The lowest BCUT2D eigenvalue weighted by atomic mass is 9.93. The van der Waals surface area contributed by atoms with E-state index in [-0.39, 0.29) is 11.9 Å². The smallest absolute Gasteiger partial charge is 0.253 e. The predicted molar refractivity (Wildman–Crippen MR) is 139 cm³/mol. The maximum absolute atomic E-state index is 13.0. The molecule has 7 nitrogen and oxygen atoms in total. The van der Waals surface area contributed by atoms with Crippen LogP contribution in [0.1, 0.15) is 47.8 Å². The molecule has 7 heteroatoms. The molecule has 178 valence electrons. The molecule has 1 aromatic carbocycles. The SMILES string of the molecule is CC1(C)CCN(c2ccc(C(Cc3ccc4c(N)nccc4c3)NC(=O)c3cccnc3)cn2)C1. The van der Waals surface area contributed by atoms with Crippen molar-refractivity contribution in [3.05, 3.63) is 90.0 Å². The van der Waals surface area contributed by atoms with Gasteiger partial charge in [-0.05, 0) is 59.0 Å². The van der Waals surface area contributed by atoms with E-state index in [1.54, 1.807) is 30.7 Å². The van der Waals surface area contributed by atoms with Crippen LogP contribution in [0.4, 0.5) is 11.6 Å². The highest BCUT2D eigenvalue weighted by atomic mass is 16.1. The minimum absolute atomic E-state index is 0.164. The second-order valence-corrected chi connectivity index (χ2v) is 10.0. The fourth-order valence-corrected chi connectivity index (χ4v) is 4.70. The first-order valence-corrected chi connectivity index (χ1v) is 11.9. The van der Waals surface area contributed by atoms with Gasteiger partial charge in [0.2, 0.25) is 0 Å². The quantitative estimate of drug-likeness (QED) is 0.432. The Kier molecular flexibility index (Phi) is 6.07. The number of benzene rings is 1. The number of amides is 1. The Hall–Kier alpha value is -4.00. The third-order valence-corrected chi connectivity index (χ3v) is 6.70. The first-order chi connectivity index (χ1) is 16.9. The molecule has 3 aromatic heterocycles. The van der Waals surface area contributed by atoms with Crippen molar-refractivity contribution >= 4 is 28.3 Å². The monoisotopic (exact) mass is 466 g/mol. The summed E-state index contributed by atoms with van der Waals surface area (Å²) >= 11 is 0. The number of nitrogens with zero attached hydrogens (tertiary/aromatic N) is 4. The molecule has 1 aliphatic rings. The van der Waals surface area contributed by atoms with E-state index < -0.39 is 0 Å². The van der Waals surface area contributed by atoms with Crippen LogP contribution in [-0.4, -0.2) is 33.9 Å². The van der Waals surface area contributed by atoms with Crippen LogP contribution in [0.3, 0.4) is 0 Å². The fourth-order valence-electron chi connectivity index (χ4n) is 4.70. The standard InChI is InChI=1S/C28H30N6O/c1-28(2)10-13-34(18-28)25-8-6-21(17-32-25)24(33-27(35)22-4-3-11-30-16-22)15-19-5-7-23-20(14-19)9-12-31-26(23)29/h3-9,11-12,14,16-17,24H,10,13,15,18H2,1-2H3,(H2,29,31)(H,33,35). The number of anilines is 2. The first-order valence-electron chi connectivity index (χ1n) is 11.9. The number of pyridine rings is 3. The zero-order valence-electron chi connectivity index (χ0n) is 20.1. The van der Waals surface area contributed by atoms with Crippen LogP contribution in [0.2, 0.25) is 0 Å². The molecule has 1 amide bonds. The Morgan fingerprint density at radius 2 is 2.00 bits per heavy atom. The Morgan fingerprint density at radius 1 is 1.11 bits per heavy atom. The zero-order valence-corrected chi connectivity index (χ0v) is 20.1. The Balaban J connectivity index is 1.42. The van der Waals surface area contributed by atoms with Crippen LogP contribution in [0.5, 0.6) is 0 Å². The van der Waals surface area contributed by atoms with Gasteiger partial charge in [0.1, 0.15) is 11.6 Å². The number of nitrogens with two attached hydrogens (primary N) is 1. The van der Waals surface area contributed by atoms with E-state index in [9.17, 15) is 4.79 Å². The van der Waals surface area contributed by atoms with Crippen molar-refractivity contribution < 1.29 is 4.79 Å². The van der Waals surface area contributed by atoms with E-state index in [2.05, 4.69) is 52.2 Å². The van der Waals surface area contributed by atoms with E-state index in [0.717, 1.165) is 47.2 Å². The van der Waals surface area contributed by atoms with Crippen LogP contribution in [-0.2, 0) is 6.42 Å². The zero-order chi connectivity index (χ0) is 24.4. The van der Waals surface area contributed by atoms with Gasteiger partial charge in [0.05, 0.1) is 11.6 Å². The lowest BCUT2D eigenvalue weighted by molar-refractivity contribution is 0.0936. The van der Waals surface area contributed by atoms with Crippen LogP contribution < -0.4 is 16.0 Å². The average Bonchev–Trinajstić information content (AvgIpc) is 3.24. The van der Waals surface area contributed by atoms with E-state index >= 15 is 0 Å². The number of carbonyl (C=O) groups is 1. The third kappa shape index (κ3) is 5.09. The summed E-state index contributed by atoms with van der Waals surface area (Å²) in [6, 6.07) is 15.5. The summed E-state index contributed by atoms with van der Waals surface area (Å²) in [6.45, 7) is 6.59. The molecule has 0 radical (unpaired) electrons. The van der Waals surface area contributed by atoms with Gasteiger partial charge in [-0.15, -0.1) is 0 Å². The topological polar surface area (TPSA) is 97.0 Å². The molecule has 0 bridgehead atoms. The Labute approximate surface area is 205 Å². The van der Waals surface area contributed by atoms with Crippen molar-refractivity contribution in [3.63, 3.8) is 0 Å². The lowest BCUT2D eigenvalue weighted by Gasteiger charge is -2.23. The molecule has 0 aliphatic carbocycles. The van der Waals surface area contributed by atoms with Crippen LogP contribution in [0.25, 0.3) is 10.8 Å². The van der Waals surface area contributed by atoms with Crippen LogP contribution in [0.15, 0.2) is 73.3 Å². The summed E-state index contributed by atoms with van der Waals surface area (Å²) in [6.07, 6.45) is 8.61. The normalized spacial score (nSPS) is 15.8. The highest BCUT2D eigenvalue weighted by molar-refractivity contribution is 5.94. The minimum Gasteiger partial charge on any atom is -0.383 e. The average molecular weight is 467 g/mol. The highest BCUT2D eigenvalue weighted by Gasteiger charge is 2.30. The molecule has 1 unspecified atom stereocenters. The number of nitrogens with one attached hydrogen (secondary N) is 1. The number of nitrogen functional groups attached to an aromatic ring is 1. The van der Waals surface area contributed by atoms with Crippen molar-refractivity contribution in [1.29, 1.82) is 0 Å². The van der Waals surface area contributed by atoms with E-state index in [0.29, 0.717) is 23.2 Å². The molecule has 4 heterocycles. The van der Waals surface area contributed by atoms with E-state index in [4.69, 9.17) is 10.7 Å². The maximum Gasteiger partial charge on any atom is 0.253 e. The van der Waals surface area contributed by atoms with Gasteiger partial charge in [-0.3, -0.25) is 9.78 Å². The molecule has 1 fully saturated rings. The summed E-state index contributed by atoms with van der Waals surface area (Å²) < 4.78 is 0. The number of hydrogen-bond acceptors (Lipinski definition) is 6. The van der Waals surface area contributed by atoms with Crippen molar-refractivity contribution in [2.75, 3.05) is 23.7 Å². The molecule has 5 rings (SSSR count). The van der Waals surface area contributed by atoms with Gasteiger partial charge in [0.25, 0.3) is 5.91 Å². The fraction of sp³-hybridized carbons (Fsp3) is 0.286. The second-order valence-electron chi connectivity index (χ2n) is 10.0. The molecule has 4 aromatic rings. The van der Waals surface area contributed by atoms with Crippen LogP contribution in [0, 0.1) is 5.41 Å². The highest BCUT2D eigenvalue weighted by Crippen LogP contribution is 2.32. The lowest BCUT2D eigenvalue weighted by Crippen LogP contribution is -2.30. The van der Waals surface area contributed by atoms with Crippen molar-refractivity contribution in [3.8, 4) is 0 Å². The largest absolute Gasteiger partial charge is 0.383 e. The summed E-state index contributed by atoms with van der Waals surface area (Å²) in [5, 5.41) is 5.14. The number of hydrogen-bond donors (Lipinski definition) is 2. The summed E-state index contributed by atoms with van der Waals surface area (Å²) in [4.78, 5) is 28.4. The Bertz CT molecular complexity index is 1340. The van der Waals surface area contributed by atoms with Gasteiger partial charge < -0.3 is 16.0 Å². The van der Waals surface area contributed by atoms with Gasteiger partial charge in [-0.2, -0.15) is 0 Å². The molecule has 1 aliphatic heterocycles. The molecule has 1 atom stereocenters. The molecule has 0 spiro atoms. The molecular weight excluding hydrogens is 436 g/mol. The van der Waals surface area contributed by atoms with E-state index in [1.165, 1.54) is 0 Å². The van der Waals surface area contributed by atoms with Crippen molar-refractivity contribution in [1.82, 2.24) is 20.3 Å². The van der Waals surface area contributed by atoms with Gasteiger partial charge >= 0.3 is 0 Å². The van der Waals surface area contributed by atoms with Crippen LogP contribution >= 0.6 is 0 Å². The van der Waals surface area contributed by atoms with E-state index in [1.807, 2.05) is 24.4 Å². The number of carbonyl (C=O) groups excluding carboxylic acids is 1. The van der Waals surface area contributed by atoms with Gasteiger partial charge in [-0.1, -0.05) is 38.1 Å². The predicted octanol–water partition coefficient (Wildman–Crippen LogP) is 4.56. The molecular formula is C28H30N6O. The summed E-state index contributed by atoms with van der Waals surface area (Å²) in [5.74, 6) is 1.33. The molecule has 1 saturated heterocycles. The molecule has 0 saturated carbocycles. The first kappa shape index (κ1) is 22.8. The third-order valence-electron chi connectivity index (χ3n) is 6.70. The van der Waals surface area contributed by atoms with Gasteiger partial charge in [0, 0.05) is 43.3 Å². The molecule has 3 N–H and O–H groups in total. The van der Waals surface area contributed by atoms with Crippen molar-refractivity contribution in [2.24, 2.45) is 5.41 Å².